The Hall–Kier alpha value is -1.09. The molecular formula is C11H16O3. The lowest BCUT2D eigenvalue weighted by molar-refractivity contribution is -0.139. The van der Waals surface area contributed by atoms with Gasteiger partial charge in [-0.25, -0.2) is 4.79 Å². The van der Waals surface area contributed by atoms with E-state index >= 15 is 0 Å². The third kappa shape index (κ3) is 3.34. The van der Waals surface area contributed by atoms with E-state index in [0.717, 1.165) is 12.8 Å². The second-order valence-electron chi connectivity index (χ2n) is 3.36. The lowest BCUT2D eigenvalue weighted by Gasteiger charge is -2.02. The lowest BCUT2D eigenvalue weighted by atomic mass is 10.1. The topological polar surface area (TPSA) is 46.5 Å². The van der Waals surface area contributed by atoms with Gasteiger partial charge >= 0.3 is 5.97 Å². The summed E-state index contributed by atoms with van der Waals surface area (Å²) in [5, 5.41) is 8.47. The summed E-state index contributed by atoms with van der Waals surface area (Å²) in [7, 11) is 0. The molecule has 1 aliphatic carbocycles. The maximum atomic E-state index is 11.3. The van der Waals surface area contributed by atoms with Crippen LogP contribution in [0.4, 0.5) is 0 Å². The number of hydrogen-bond donors (Lipinski definition) is 1. The lowest BCUT2D eigenvalue weighted by Crippen LogP contribution is -2.09. The maximum Gasteiger partial charge on any atom is 0.333 e. The van der Waals surface area contributed by atoms with E-state index in [1.54, 1.807) is 6.92 Å². The van der Waals surface area contributed by atoms with E-state index in [2.05, 4.69) is 6.08 Å². The van der Waals surface area contributed by atoms with Gasteiger partial charge in [-0.05, 0) is 32.3 Å². The molecule has 0 fully saturated rings. The third-order valence-corrected chi connectivity index (χ3v) is 2.12. The molecule has 14 heavy (non-hydrogen) atoms. The van der Waals surface area contributed by atoms with Crippen LogP contribution in [-0.2, 0) is 9.53 Å². The van der Waals surface area contributed by atoms with Crippen LogP contribution in [0, 0.1) is 0 Å². The first-order valence-corrected chi connectivity index (χ1v) is 4.89. The molecule has 1 rings (SSSR count). The highest BCUT2D eigenvalue weighted by atomic mass is 16.5. The first-order chi connectivity index (χ1) is 6.74. The monoisotopic (exact) mass is 196 g/mol. The van der Waals surface area contributed by atoms with E-state index in [1.807, 2.05) is 6.08 Å². The zero-order chi connectivity index (χ0) is 10.4. The van der Waals surface area contributed by atoms with E-state index in [1.165, 1.54) is 12.0 Å². The fraction of sp³-hybridized carbons (Fsp3) is 0.545. The van der Waals surface area contributed by atoms with Gasteiger partial charge in [0.05, 0.1) is 6.61 Å². The van der Waals surface area contributed by atoms with Gasteiger partial charge in [0, 0.05) is 5.57 Å². The molecule has 78 valence electrons. The predicted octanol–water partition coefficient (Wildman–Crippen LogP) is 1.58. The molecule has 0 bridgehead atoms. The standard InChI is InChI=1S/C11H16O3/c1-9(11(13)14-7-6-12)8-10-4-2-3-5-10/h4,8,12H,2-3,5-7H2,1H3. The van der Waals surface area contributed by atoms with Crippen LogP contribution in [0.5, 0.6) is 0 Å². The predicted molar refractivity (Wildman–Crippen MR) is 53.7 cm³/mol. The first kappa shape index (κ1) is 11.0. The Kier molecular flexibility index (Phi) is 4.40. The largest absolute Gasteiger partial charge is 0.460 e. The average Bonchev–Trinajstić information content (AvgIpc) is 2.66. The molecule has 0 spiro atoms. The van der Waals surface area contributed by atoms with E-state index in [0.29, 0.717) is 5.57 Å². The number of esters is 1. The smallest absolute Gasteiger partial charge is 0.333 e. The first-order valence-electron chi connectivity index (χ1n) is 4.89. The van der Waals surface area contributed by atoms with Crippen LogP contribution in [0.2, 0.25) is 0 Å². The van der Waals surface area contributed by atoms with Gasteiger partial charge in [-0.3, -0.25) is 0 Å². The molecule has 0 aromatic rings. The Morgan fingerprint density at radius 2 is 2.50 bits per heavy atom. The van der Waals surface area contributed by atoms with Crippen molar-refractivity contribution in [2.24, 2.45) is 0 Å². The van der Waals surface area contributed by atoms with Crippen LogP contribution < -0.4 is 0 Å². The third-order valence-electron chi connectivity index (χ3n) is 2.12. The van der Waals surface area contributed by atoms with Crippen LogP contribution in [0.1, 0.15) is 26.2 Å². The van der Waals surface area contributed by atoms with Crippen molar-refractivity contribution in [3.05, 3.63) is 23.3 Å². The van der Waals surface area contributed by atoms with Gasteiger partial charge in [-0.15, -0.1) is 0 Å². The van der Waals surface area contributed by atoms with Crippen LogP contribution in [0.15, 0.2) is 23.3 Å². The van der Waals surface area contributed by atoms with Crippen molar-refractivity contribution in [1.29, 1.82) is 0 Å². The number of hydrogen-bond acceptors (Lipinski definition) is 3. The molecule has 0 radical (unpaired) electrons. The van der Waals surface area contributed by atoms with Crippen molar-refractivity contribution in [3.8, 4) is 0 Å². The molecule has 3 heteroatoms. The second kappa shape index (κ2) is 5.60. The van der Waals surface area contributed by atoms with Crippen molar-refractivity contribution in [3.63, 3.8) is 0 Å². The van der Waals surface area contributed by atoms with Crippen molar-refractivity contribution in [2.75, 3.05) is 13.2 Å². The van der Waals surface area contributed by atoms with Crippen molar-refractivity contribution < 1.29 is 14.6 Å². The summed E-state index contributed by atoms with van der Waals surface area (Å²) in [6.45, 7) is 1.68. The fourth-order valence-corrected chi connectivity index (χ4v) is 1.42. The Bertz CT molecular complexity index is 264. The number of rotatable bonds is 4. The normalized spacial score (nSPS) is 16.7. The van der Waals surface area contributed by atoms with Gasteiger partial charge in [0.25, 0.3) is 0 Å². The number of allylic oxidation sites excluding steroid dienone is 3. The molecule has 0 heterocycles. The summed E-state index contributed by atoms with van der Waals surface area (Å²) >= 11 is 0. The number of aliphatic hydroxyl groups is 1. The highest BCUT2D eigenvalue weighted by molar-refractivity contribution is 5.88. The molecule has 0 atom stereocenters. The quantitative estimate of drug-likeness (QED) is 0.548. The van der Waals surface area contributed by atoms with E-state index < -0.39 is 0 Å². The molecule has 0 aromatic carbocycles. The Labute approximate surface area is 84.1 Å². The summed E-state index contributed by atoms with van der Waals surface area (Å²) in [6.07, 6.45) is 7.33. The molecule has 0 saturated heterocycles. The highest BCUT2D eigenvalue weighted by Gasteiger charge is 2.07. The van der Waals surface area contributed by atoms with Crippen molar-refractivity contribution >= 4 is 5.97 Å². The van der Waals surface area contributed by atoms with E-state index in [4.69, 9.17) is 9.84 Å². The minimum absolute atomic E-state index is 0.0725. The number of carbonyl (C=O) groups is 1. The minimum Gasteiger partial charge on any atom is -0.460 e. The molecular weight excluding hydrogens is 180 g/mol. The summed E-state index contributed by atoms with van der Waals surface area (Å²) in [5.41, 5.74) is 1.81. The van der Waals surface area contributed by atoms with Crippen molar-refractivity contribution in [2.45, 2.75) is 26.2 Å². The van der Waals surface area contributed by atoms with Crippen LogP contribution in [-0.4, -0.2) is 24.3 Å². The zero-order valence-corrected chi connectivity index (χ0v) is 8.45. The van der Waals surface area contributed by atoms with Gasteiger partial charge in [-0.2, -0.15) is 0 Å². The summed E-state index contributed by atoms with van der Waals surface area (Å²) in [6, 6.07) is 0. The molecule has 0 unspecified atom stereocenters. The molecule has 0 amide bonds. The fourth-order valence-electron chi connectivity index (χ4n) is 1.42. The van der Waals surface area contributed by atoms with Gasteiger partial charge in [0.2, 0.25) is 0 Å². The van der Waals surface area contributed by atoms with Gasteiger partial charge in [-0.1, -0.05) is 11.6 Å². The second-order valence-corrected chi connectivity index (χ2v) is 3.36. The SMILES string of the molecule is CC(=CC1=CCCC1)C(=O)OCCO. The highest BCUT2D eigenvalue weighted by Crippen LogP contribution is 2.19. The van der Waals surface area contributed by atoms with E-state index in [-0.39, 0.29) is 19.2 Å². The summed E-state index contributed by atoms with van der Waals surface area (Å²) in [5.74, 6) is -0.341. The Balaban J connectivity index is 2.46. The molecule has 0 aliphatic heterocycles. The maximum absolute atomic E-state index is 11.3. The molecule has 1 aliphatic rings. The average molecular weight is 196 g/mol. The van der Waals surface area contributed by atoms with Crippen molar-refractivity contribution in [1.82, 2.24) is 0 Å². The molecule has 3 nitrogen and oxygen atoms in total. The van der Waals surface area contributed by atoms with Crippen LogP contribution in [0.3, 0.4) is 0 Å². The molecule has 1 N–H and O–H groups in total. The summed E-state index contributed by atoms with van der Waals surface area (Å²) < 4.78 is 4.78. The molecule has 0 saturated carbocycles. The van der Waals surface area contributed by atoms with Gasteiger partial charge in [0.15, 0.2) is 0 Å². The van der Waals surface area contributed by atoms with Crippen LogP contribution in [0.25, 0.3) is 0 Å². The zero-order valence-electron chi connectivity index (χ0n) is 8.45. The van der Waals surface area contributed by atoms with Gasteiger partial charge < -0.3 is 9.84 Å². The molecule has 0 aromatic heterocycles. The van der Waals surface area contributed by atoms with Gasteiger partial charge in [0.1, 0.15) is 6.61 Å². The van der Waals surface area contributed by atoms with Crippen LogP contribution >= 0.6 is 0 Å². The number of carbonyl (C=O) groups excluding carboxylic acids is 1. The number of aliphatic hydroxyl groups excluding tert-OH is 1. The van der Waals surface area contributed by atoms with E-state index in [9.17, 15) is 4.79 Å². The number of ether oxygens (including phenoxy) is 1. The minimum atomic E-state index is -0.341. The summed E-state index contributed by atoms with van der Waals surface area (Å²) in [4.78, 5) is 11.3. The Morgan fingerprint density at radius 1 is 1.71 bits per heavy atom. The Morgan fingerprint density at radius 3 is 3.07 bits per heavy atom.